The first-order valence-electron chi connectivity index (χ1n) is 6.52. The number of pyridine rings is 1. The molecule has 0 amide bonds. The van der Waals surface area contributed by atoms with Crippen LogP contribution in [0.15, 0.2) is 24.7 Å². The van der Waals surface area contributed by atoms with Crippen molar-refractivity contribution in [1.82, 2.24) is 14.5 Å². The smallest absolute Gasteiger partial charge is 0.138 e. The van der Waals surface area contributed by atoms with E-state index in [9.17, 15) is 0 Å². The molecule has 2 aromatic rings. The highest BCUT2D eigenvalue weighted by atomic mass is 15.1. The van der Waals surface area contributed by atoms with Crippen LogP contribution in [0, 0.1) is 0 Å². The van der Waals surface area contributed by atoms with Crippen molar-refractivity contribution in [2.75, 3.05) is 0 Å². The lowest BCUT2D eigenvalue weighted by atomic mass is 10.0. The summed E-state index contributed by atoms with van der Waals surface area (Å²) in [5.41, 5.74) is 9.45. The second-order valence-corrected chi connectivity index (χ2v) is 4.95. The molecular formula is C14H18N4. The molecule has 0 saturated heterocycles. The molecule has 2 N–H and O–H groups in total. The van der Waals surface area contributed by atoms with E-state index >= 15 is 0 Å². The predicted molar refractivity (Wildman–Crippen MR) is 70.6 cm³/mol. The number of fused-ring (bicyclic) bond motifs is 1. The normalized spacial score (nSPS) is 16.3. The van der Waals surface area contributed by atoms with Crippen LogP contribution in [0.1, 0.15) is 42.8 Å². The van der Waals surface area contributed by atoms with Crippen LogP contribution in [0.3, 0.4) is 0 Å². The topological polar surface area (TPSA) is 56.7 Å². The van der Waals surface area contributed by atoms with Gasteiger partial charge in [0.25, 0.3) is 0 Å². The van der Waals surface area contributed by atoms with E-state index in [1.165, 1.54) is 24.2 Å². The molecule has 4 nitrogen and oxygen atoms in total. The average molecular weight is 242 g/mol. The van der Waals surface area contributed by atoms with Gasteiger partial charge in [0.15, 0.2) is 0 Å². The molecule has 0 aromatic carbocycles. The van der Waals surface area contributed by atoms with E-state index in [4.69, 9.17) is 5.73 Å². The van der Waals surface area contributed by atoms with Crippen molar-refractivity contribution in [2.24, 2.45) is 5.73 Å². The minimum absolute atomic E-state index is 0.0308. The zero-order valence-electron chi connectivity index (χ0n) is 10.6. The molecule has 1 aliphatic carbocycles. The van der Waals surface area contributed by atoms with Gasteiger partial charge in [0.2, 0.25) is 0 Å². The Balaban J connectivity index is 1.97. The van der Waals surface area contributed by atoms with Crippen LogP contribution in [-0.4, -0.2) is 14.5 Å². The maximum atomic E-state index is 5.83. The van der Waals surface area contributed by atoms with Gasteiger partial charge in [-0.05, 0) is 44.2 Å². The quantitative estimate of drug-likeness (QED) is 0.878. The van der Waals surface area contributed by atoms with E-state index in [-0.39, 0.29) is 6.04 Å². The Morgan fingerprint density at radius 2 is 2.06 bits per heavy atom. The lowest BCUT2D eigenvalue weighted by Gasteiger charge is -2.14. The van der Waals surface area contributed by atoms with Gasteiger partial charge in [-0.25, -0.2) is 9.97 Å². The molecule has 0 aliphatic heterocycles. The Hall–Kier alpha value is -1.68. The molecule has 0 fully saturated rings. The van der Waals surface area contributed by atoms with Gasteiger partial charge in [-0.15, -0.1) is 0 Å². The van der Waals surface area contributed by atoms with Crippen molar-refractivity contribution < 1.29 is 0 Å². The van der Waals surface area contributed by atoms with Gasteiger partial charge in [-0.1, -0.05) is 6.07 Å². The standard InChI is InChI=1S/C14H18N4/c1-10(15)11-6-7-14(16-8-11)18-9-17-12-4-2-3-5-13(12)18/h6-10H,2-5,15H2,1H3/t10-/m0/s1. The van der Waals surface area contributed by atoms with Crippen molar-refractivity contribution in [1.29, 1.82) is 0 Å². The van der Waals surface area contributed by atoms with Gasteiger partial charge in [0.1, 0.15) is 12.1 Å². The summed E-state index contributed by atoms with van der Waals surface area (Å²) in [6, 6.07) is 4.10. The highest BCUT2D eigenvalue weighted by Crippen LogP contribution is 2.22. The molecule has 18 heavy (non-hydrogen) atoms. The van der Waals surface area contributed by atoms with Crippen LogP contribution >= 0.6 is 0 Å². The van der Waals surface area contributed by atoms with Crippen molar-refractivity contribution in [3.05, 3.63) is 41.6 Å². The van der Waals surface area contributed by atoms with E-state index in [0.29, 0.717) is 0 Å². The number of imidazole rings is 1. The number of rotatable bonds is 2. The zero-order valence-corrected chi connectivity index (χ0v) is 10.6. The van der Waals surface area contributed by atoms with E-state index in [0.717, 1.165) is 24.2 Å². The molecule has 4 heteroatoms. The van der Waals surface area contributed by atoms with E-state index in [2.05, 4.69) is 14.5 Å². The first-order chi connectivity index (χ1) is 8.75. The van der Waals surface area contributed by atoms with Crippen LogP contribution in [0.2, 0.25) is 0 Å². The Labute approximate surface area is 107 Å². The Kier molecular flexibility index (Phi) is 2.88. The van der Waals surface area contributed by atoms with E-state index < -0.39 is 0 Å². The van der Waals surface area contributed by atoms with Crippen molar-refractivity contribution in [3.8, 4) is 5.82 Å². The molecule has 0 spiro atoms. The molecule has 94 valence electrons. The lowest BCUT2D eigenvalue weighted by molar-refractivity contribution is 0.654. The van der Waals surface area contributed by atoms with Crippen LogP contribution < -0.4 is 5.73 Å². The highest BCUT2D eigenvalue weighted by molar-refractivity contribution is 5.32. The fourth-order valence-corrected chi connectivity index (χ4v) is 2.48. The monoisotopic (exact) mass is 242 g/mol. The summed E-state index contributed by atoms with van der Waals surface area (Å²) in [6.07, 6.45) is 8.45. The Morgan fingerprint density at radius 3 is 2.78 bits per heavy atom. The molecule has 0 saturated carbocycles. The number of hydrogen-bond acceptors (Lipinski definition) is 3. The fraction of sp³-hybridized carbons (Fsp3) is 0.429. The Bertz CT molecular complexity index is 539. The van der Waals surface area contributed by atoms with Crippen LogP contribution in [0.25, 0.3) is 5.82 Å². The largest absolute Gasteiger partial charge is 0.324 e. The summed E-state index contributed by atoms with van der Waals surface area (Å²) < 4.78 is 2.11. The number of nitrogens with two attached hydrogens (primary N) is 1. The van der Waals surface area contributed by atoms with Gasteiger partial charge in [-0.3, -0.25) is 4.57 Å². The maximum Gasteiger partial charge on any atom is 0.138 e. The van der Waals surface area contributed by atoms with Crippen molar-refractivity contribution >= 4 is 0 Å². The molecule has 0 bridgehead atoms. The minimum atomic E-state index is 0.0308. The average Bonchev–Trinajstić information content (AvgIpc) is 2.82. The molecule has 0 unspecified atom stereocenters. The Morgan fingerprint density at radius 1 is 1.22 bits per heavy atom. The minimum Gasteiger partial charge on any atom is -0.324 e. The molecule has 2 aromatic heterocycles. The summed E-state index contributed by atoms with van der Waals surface area (Å²) >= 11 is 0. The zero-order chi connectivity index (χ0) is 12.5. The third kappa shape index (κ3) is 1.93. The highest BCUT2D eigenvalue weighted by Gasteiger charge is 2.16. The first-order valence-corrected chi connectivity index (χ1v) is 6.52. The summed E-state index contributed by atoms with van der Waals surface area (Å²) in [5, 5.41) is 0. The van der Waals surface area contributed by atoms with Crippen molar-refractivity contribution in [2.45, 2.75) is 38.6 Å². The third-order valence-corrected chi connectivity index (χ3v) is 3.57. The molecule has 3 rings (SSSR count). The van der Waals surface area contributed by atoms with Crippen molar-refractivity contribution in [3.63, 3.8) is 0 Å². The second-order valence-electron chi connectivity index (χ2n) is 4.95. The molecule has 1 atom stereocenters. The van der Waals surface area contributed by atoms with Gasteiger partial charge in [-0.2, -0.15) is 0 Å². The van der Waals surface area contributed by atoms with Gasteiger partial charge in [0.05, 0.1) is 5.69 Å². The summed E-state index contributed by atoms with van der Waals surface area (Å²) in [6.45, 7) is 1.97. The lowest BCUT2D eigenvalue weighted by Crippen LogP contribution is -2.09. The number of hydrogen-bond donors (Lipinski definition) is 1. The summed E-state index contributed by atoms with van der Waals surface area (Å²) in [5.74, 6) is 0.940. The van der Waals surface area contributed by atoms with Gasteiger partial charge in [0, 0.05) is 17.9 Å². The summed E-state index contributed by atoms with van der Waals surface area (Å²) in [4.78, 5) is 8.98. The van der Waals surface area contributed by atoms with Gasteiger partial charge < -0.3 is 5.73 Å². The fourth-order valence-electron chi connectivity index (χ4n) is 2.48. The summed E-state index contributed by atoms with van der Waals surface area (Å²) in [7, 11) is 0. The molecular weight excluding hydrogens is 224 g/mol. The predicted octanol–water partition coefficient (Wildman–Crippen LogP) is 2.17. The first kappa shape index (κ1) is 11.4. The number of aryl methyl sites for hydroxylation is 1. The second kappa shape index (κ2) is 4.53. The number of aromatic nitrogens is 3. The maximum absolute atomic E-state index is 5.83. The van der Waals surface area contributed by atoms with E-state index in [1.54, 1.807) is 0 Å². The SMILES string of the molecule is C[C@H](N)c1ccc(-n2cnc3c2CCCC3)nc1. The van der Waals surface area contributed by atoms with Gasteiger partial charge >= 0.3 is 0 Å². The molecule has 2 heterocycles. The van der Waals surface area contributed by atoms with Crippen LogP contribution in [-0.2, 0) is 12.8 Å². The van der Waals surface area contributed by atoms with Crippen LogP contribution in [0.4, 0.5) is 0 Å². The molecule has 0 radical (unpaired) electrons. The van der Waals surface area contributed by atoms with Crippen LogP contribution in [0.5, 0.6) is 0 Å². The molecule has 1 aliphatic rings. The van der Waals surface area contributed by atoms with E-state index in [1.807, 2.05) is 31.6 Å². The third-order valence-electron chi connectivity index (χ3n) is 3.57. The number of nitrogens with zero attached hydrogens (tertiary/aromatic N) is 3.